The Balaban J connectivity index is 2.19. The lowest BCUT2D eigenvalue weighted by molar-refractivity contribution is -0.136. The van der Waals surface area contributed by atoms with Gasteiger partial charge in [0.05, 0.1) is 12.1 Å². The number of thiazole rings is 1. The molecule has 21 heavy (non-hydrogen) atoms. The molecule has 0 aliphatic heterocycles. The fourth-order valence-corrected chi connectivity index (χ4v) is 2.99. The van der Waals surface area contributed by atoms with Gasteiger partial charge in [0.15, 0.2) is 5.13 Å². The highest BCUT2D eigenvalue weighted by Gasteiger charge is 2.12. The highest BCUT2D eigenvalue weighted by Crippen LogP contribution is 2.28. The zero-order valence-corrected chi connectivity index (χ0v) is 13.4. The molecule has 0 atom stereocenters. The molecule has 112 valence electrons. The molecule has 0 saturated carbocycles. The quantitative estimate of drug-likeness (QED) is 0.883. The summed E-state index contributed by atoms with van der Waals surface area (Å²) in [6.07, 6.45) is 0.131. The van der Waals surface area contributed by atoms with Gasteiger partial charge in [-0.3, -0.25) is 4.79 Å². The van der Waals surface area contributed by atoms with E-state index in [4.69, 9.17) is 5.11 Å². The molecule has 0 spiro atoms. The molecule has 2 aromatic rings. The van der Waals surface area contributed by atoms with Crippen molar-refractivity contribution in [3.05, 3.63) is 34.7 Å². The van der Waals surface area contributed by atoms with Crippen molar-refractivity contribution >= 4 is 22.4 Å². The molecule has 4 nitrogen and oxygen atoms in total. The number of hydrogen-bond donors (Lipinski definition) is 1. The number of benzene rings is 1. The molecule has 2 rings (SSSR count). The van der Waals surface area contributed by atoms with Gasteiger partial charge < -0.3 is 10.0 Å². The summed E-state index contributed by atoms with van der Waals surface area (Å²) in [6.45, 7) is 7.45. The smallest absolute Gasteiger partial charge is 0.305 e. The first kappa shape index (κ1) is 15.5. The van der Waals surface area contributed by atoms with Gasteiger partial charge in [-0.2, -0.15) is 0 Å². The second kappa shape index (κ2) is 6.72. The number of aromatic nitrogens is 1. The van der Waals surface area contributed by atoms with E-state index in [0.29, 0.717) is 6.54 Å². The van der Waals surface area contributed by atoms with Crippen LogP contribution < -0.4 is 4.90 Å². The Bertz CT molecular complexity index is 637. The van der Waals surface area contributed by atoms with Gasteiger partial charge in [0, 0.05) is 24.0 Å². The van der Waals surface area contributed by atoms with Gasteiger partial charge in [-0.1, -0.05) is 12.1 Å². The molecule has 5 heteroatoms. The number of anilines is 1. The van der Waals surface area contributed by atoms with E-state index in [9.17, 15) is 4.79 Å². The van der Waals surface area contributed by atoms with Crippen molar-refractivity contribution in [2.45, 2.75) is 27.2 Å². The number of hydrogen-bond acceptors (Lipinski definition) is 4. The number of carboxylic acids is 1. The maximum absolute atomic E-state index is 10.7. The van der Waals surface area contributed by atoms with Crippen LogP contribution >= 0.6 is 11.3 Å². The van der Waals surface area contributed by atoms with Crippen LogP contribution in [0.4, 0.5) is 5.13 Å². The fourth-order valence-electron chi connectivity index (χ4n) is 2.06. The molecular formula is C16H20N2O2S. The molecule has 0 radical (unpaired) electrons. The topological polar surface area (TPSA) is 53.4 Å². The molecule has 1 aromatic heterocycles. The summed E-state index contributed by atoms with van der Waals surface area (Å²) < 4.78 is 0. The van der Waals surface area contributed by atoms with Gasteiger partial charge >= 0.3 is 5.97 Å². The van der Waals surface area contributed by atoms with E-state index < -0.39 is 5.97 Å². The Labute approximate surface area is 129 Å². The summed E-state index contributed by atoms with van der Waals surface area (Å²) in [4.78, 5) is 17.4. The fraction of sp³-hybridized carbons (Fsp3) is 0.375. The summed E-state index contributed by atoms with van der Waals surface area (Å²) in [7, 11) is 0. The molecule has 1 heterocycles. The highest BCUT2D eigenvalue weighted by molar-refractivity contribution is 7.14. The van der Waals surface area contributed by atoms with Crippen LogP contribution in [-0.2, 0) is 4.79 Å². The number of carbonyl (C=O) groups is 1. The highest BCUT2D eigenvalue weighted by atomic mass is 32.1. The first-order valence-corrected chi connectivity index (χ1v) is 7.89. The Morgan fingerprint density at radius 3 is 2.71 bits per heavy atom. The molecule has 0 aliphatic rings. The predicted molar refractivity (Wildman–Crippen MR) is 87.2 cm³/mol. The SMILES string of the molecule is CCN(CCC(=O)O)c1nc(-c2ccc(C)c(C)c2)cs1. The van der Waals surface area contributed by atoms with Gasteiger partial charge in [0.25, 0.3) is 0 Å². The molecule has 0 bridgehead atoms. The molecule has 0 aliphatic carbocycles. The lowest BCUT2D eigenvalue weighted by atomic mass is 10.1. The summed E-state index contributed by atoms with van der Waals surface area (Å²) in [5, 5.41) is 11.7. The van der Waals surface area contributed by atoms with Crippen LogP contribution in [-0.4, -0.2) is 29.1 Å². The lowest BCUT2D eigenvalue weighted by Crippen LogP contribution is -2.25. The normalized spacial score (nSPS) is 10.6. The summed E-state index contributed by atoms with van der Waals surface area (Å²) in [5.74, 6) is -0.778. The zero-order valence-electron chi connectivity index (χ0n) is 12.6. The molecule has 0 fully saturated rings. The Kier molecular flexibility index (Phi) is 4.96. The van der Waals surface area contributed by atoms with Crippen LogP contribution in [0.25, 0.3) is 11.3 Å². The first-order valence-electron chi connectivity index (χ1n) is 7.01. The molecule has 1 N–H and O–H groups in total. The molecule has 0 amide bonds. The van der Waals surface area contributed by atoms with E-state index in [2.05, 4.69) is 37.0 Å². The average molecular weight is 304 g/mol. The zero-order chi connectivity index (χ0) is 15.4. The van der Waals surface area contributed by atoms with E-state index in [1.807, 2.05) is 17.2 Å². The van der Waals surface area contributed by atoms with Gasteiger partial charge in [-0.15, -0.1) is 11.3 Å². The monoisotopic (exact) mass is 304 g/mol. The molecular weight excluding hydrogens is 284 g/mol. The second-order valence-corrected chi connectivity index (χ2v) is 5.87. The van der Waals surface area contributed by atoms with Crippen molar-refractivity contribution in [1.29, 1.82) is 0 Å². The Hall–Kier alpha value is -1.88. The van der Waals surface area contributed by atoms with Crippen molar-refractivity contribution in [3.63, 3.8) is 0 Å². The predicted octanol–water partition coefficient (Wildman–Crippen LogP) is 3.73. The summed E-state index contributed by atoms with van der Waals surface area (Å²) in [6, 6.07) is 6.32. The molecule has 1 aromatic carbocycles. The van der Waals surface area contributed by atoms with Crippen LogP contribution in [0.5, 0.6) is 0 Å². The van der Waals surface area contributed by atoms with Crippen molar-refractivity contribution in [1.82, 2.24) is 4.98 Å². The van der Waals surface area contributed by atoms with Crippen LogP contribution in [0.3, 0.4) is 0 Å². The third-order valence-electron chi connectivity index (χ3n) is 3.54. The minimum absolute atomic E-state index is 0.131. The van der Waals surface area contributed by atoms with Crippen LogP contribution in [0, 0.1) is 13.8 Å². The minimum Gasteiger partial charge on any atom is -0.481 e. The van der Waals surface area contributed by atoms with E-state index in [1.165, 1.54) is 11.1 Å². The van der Waals surface area contributed by atoms with Crippen LogP contribution in [0.1, 0.15) is 24.5 Å². The van der Waals surface area contributed by atoms with Crippen LogP contribution in [0.2, 0.25) is 0 Å². The van der Waals surface area contributed by atoms with Gasteiger partial charge in [0.1, 0.15) is 0 Å². The number of aryl methyl sites for hydroxylation is 2. The number of aliphatic carboxylic acids is 1. The number of nitrogens with zero attached hydrogens (tertiary/aromatic N) is 2. The van der Waals surface area contributed by atoms with E-state index in [1.54, 1.807) is 11.3 Å². The Morgan fingerprint density at radius 2 is 2.10 bits per heavy atom. The van der Waals surface area contributed by atoms with Crippen LogP contribution in [0.15, 0.2) is 23.6 Å². The average Bonchev–Trinajstić information content (AvgIpc) is 2.92. The first-order chi connectivity index (χ1) is 10.0. The van der Waals surface area contributed by atoms with E-state index >= 15 is 0 Å². The van der Waals surface area contributed by atoms with Crippen molar-refractivity contribution in [2.24, 2.45) is 0 Å². The van der Waals surface area contributed by atoms with Crippen molar-refractivity contribution in [3.8, 4) is 11.3 Å². The van der Waals surface area contributed by atoms with Gasteiger partial charge in [0.2, 0.25) is 0 Å². The van der Waals surface area contributed by atoms with Crippen molar-refractivity contribution in [2.75, 3.05) is 18.0 Å². The third kappa shape index (κ3) is 3.82. The Morgan fingerprint density at radius 1 is 1.33 bits per heavy atom. The third-order valence-corrected chi connectivity index (χ3v) is 4.44. The summed E-state index contributed by atoms with van der Waals surface area (Å²) in [5.41, 5.74) is 4.58. The second-order valence-electron chi connectivity index (χ2n) is 5.04. The summed E-state index contributed by atoms with van der Waals surface area (Å²) >= 11 is 1.56. The largest absolute Gasteiger partial charge is 0.481 e. The number of rotatable bonds is 6. The van der Waals surface area contributed by atoms with Gasteiger partial charge in [-0.05, 0) is 38.0 Å². The van der Waals surface area contributed by atoms with Crippen molar-refractivity contribution < 1.29 is 9.90 Å². The van der Waals surface area contributed by atoms with E-state index in [-0.39, 0.29) is 6.42 Å². The maximum Gasteiger partial charge on any atom is 0.305 e. The molecule has 0 unspecified atom stereocenters. The van der Waals surface area contributed by atoms with Gasteiger partial charge in [-0.25, -0.2) is 4.98 Å². The molecule has 0 saturated heterocycles. The number of carboxylic acid groups (broad SMARTS) is 1. The van der Waals surface area contributed by atoms with E-state index in [0.717, 1.165) is 22.9 Å². The lowest BCUT2D eigenvalue weighted by Gasteiger charge is -2.18. The maximum atomic E-state index is 10.7. The standard InChI is InChI=1S/C16H20N2O2S/c1-4-18(8-7-15(19)20)16-17-14(10-21-16)13-6-5-11(2)12(3)9-13/h5-6,9-10H,4,7-8H2,1-3H3,(H,19,20). The minimum atomic E-state index is -0.778.